The minimum Gasteiger partial charge on any atom is -0.360 e. The molecular formula is C20H26N2O3SSi. The first kappa shape index (κ1) is 19.8. The largest absolute Gasteiger partial charge is 0.360 e. The van der Waals surface area contributed by atoms with Crippen molar-refractivity contribution in [3.05, 3.63) is 60.3 Å². The highest BCUT2D eigenvalue weighted by atomic mass is 32.2. The monoisotopic (exact) mass is 402 g/mol. The van der Waals surface area contributed by atoms with Gasteiger partial charge in [0.1, 0.15) is 6.73 Å². The molecule has 0 radical (unpaired) electrons. The van der Waals surface area contributed by atoms with Gasteiger partial charge in [-0.2, -0.15) is 5.10 Å². The van der Waals surface area contributed by atoms with Crippen LogP contribution in [0.2, 0.25) is 25.7 Å². The summed E-state index contributed by atoms with van der Waals surface area (Å²) in [4.78, 5) is 0.337. The average Bonchev–Trinajstić information content (AvgIpc) is 3.03. The topological polar surface area (TPSA) is 61.2 Å². The Kier molecular flexibility index (Phi) is 5.83. The molecule has 1 heterocycles. The van der Waals surface area contributed by atoms with E-state index in [2.05, 4.69) is 24.7 Å². The van der Waals surface area contributed by atoms with Crippen molar-refractivity contribution in [2.24, 2.45) is 0 Å². The molecule has 0 fully saturated rings. The zero-order valence-electron chi connectivity index (χ0n) is 16.1. The number of hydrogen-bond donors (Lipinski definition) is 0. The van der Waals surface area contributed by atoms with Crippen molar-refractivity contribution in [2.45, 2.75) is 43.1 Å². The van der Waals surface area contributed by atoms with Crippen molar-refractivity contribution in [3.8, 4) is 0 Å². The second kappa shape index (κ2) is 7.96. The Balaban J connectivity index is 1.78. The standard InChI is InChI=1S/C20H26N2O3SSi/c1-27(2,3)13-12-25-16-22-20-11-7-8-17(19(20)14-21-22)15-26(23,24)18-9-5-4-6-10-18/h4-11,14H,12-13,15-16H2,1-3H3. The Morgan fingerprint density at radius 1 is 1.04 bits per heavy atom. The molecule has 0 amide bonds. The summed E-state index contributed by atoms with van der Waals surface area (Å²) >= 11 is 0. The van der Waals surface area contributed by atoms with Crippen molar-refractivity contribution in [3.63, 3.8) is 0 Å². The molecule has 27 heavy (non-hydrogen) atoms. The van der Waals surface area contributed by atoms with E-state index in [1.54, 1.807) is 35.1 Å². The van der Waals surface area contributed by atoms with Crippen LogP contribution in [-0.2, 0) is 27.1 Å². The first-order valence-electron chi connectivity index (χ1n) is 9.05. The predicted octanol–water partition coefficient (Wildman–Crippen LogP) is 4.32. The molecule has 2 aromatic carbocycles. The van der Waals surface area contributed by atoms with E-state index in [1.807, 2.05) is 24.3 Å². The zero-order valence-corrected chi connectivity index (χ0v) is 17.9. The van der Waals surface area contributed by atoms with Crippen molar-refractivity contribution in [1.29, 1.82) is 0 Å². The summed E-state index contributed by atoms with van der Waals surface area (Å²) < 4.78 is 33.0. The third kappa shape index (κ3) is 5.06. The molecule has 0 aliphatic heterocycles. The van der Waals surface area contributed by atoms with E-state index in [9.17, 15) is 8.42 Å². The van der Waals surface area contributed by atoms with Crippen LogP contribution in [-0.4, -0.2) is 32.9 Å². The molecule has 1 aromatic heterocycles. The number of aromatic nitrogens is 2. The van der Waals surface area contributed by atoms with Crippen LogP contribution in [0.25, 0.3) is 10.9 Å². The summed E-state index contributed by atoms with van der Waals surface area (Å²) in [5.41, 5.74) is 1.65. The van der Waals surface area contributed by atoms with Gasteiger partial charge in [0.15, 0.2) is 9.84 Å². The van der Waals surface area contributed by atoms with E-state index in [0.717, 1.165) is 29.1 Å². The molecule has 0 N–H and O–H groups in total. The molecule has 0 saturated carbocycles. The lowest BCUT2D eigenvalue weighted by Crippen LogP contribution is -2.22. The lowest BCUT2D eigenvalue weighted by atomic mass is 10.1. The summed E-state index contributed by atoms with van der Waals surface area (Å²) in [5.74, 6) is -0.0451. The van der Waals surface area contributed by atoms with Gasteiger partial charge in [-0.1, -0.05) is 50.0 Å². The van der Waals surface area contributed by atoms with Crippen LogP contribution in [0, 0.1) is 0 Å². The summed E-state index contributed by atoms with van der Waals surface area (Å²) in [6.07, 6.45) is 1.73. The molecule has 0 bridgehead atoms. The third-order valence-electron chi connectivity index (χ3n) is 4.44. The Hall–Kier alpha value is -1.96. The van der Waals surface area contributed by atoms with Crippen LogP contribution >= 0.6 is 0 Å². The molecular weight excluding hydrogens is 376 g/mol. The van der Waals surface area contributed by atoms with Gasteiger partial charge in [-0.25, -0.2) is 13.1 Å². The highest BCUT2D eigenvalue weighted by Crippen LogP contribution is 2.23. The van der Waals surface area contributed by atoms with Crippen molar-refractivity contribution < 1.29 is 13.2 Å². The Morgan fingerprint density at radius 2 is 1.78 bits per heavy atom. The van der Waals surface area contributed by atoms with Crippen LogP contribution in [0.5, 0.6) is 0 Å². The number of hydrogen-bond acceptors (Lipinski definition) is 4. The highest BCUT2D eigenvalue weighted by Gasteiger charge is 2.18. The maximum atomic E-state index is 12.7. The summed E-state index contributed by atoms with van der Waals surface area (Å²) in [6.45, 7) is 8.05. The van der Waals surface area contributed by atoms with E-state index < -0.39 is 17.9 Å². The number of sulfone groups is 1. The maximum absolute atomic E-state index is 12.7. The molecule has 0 spiro atoms. The van der Waals surface area contributed by atoms with E-state index in [0.29, 0.717) is 11.6 Å². The Labute approximate surface area is 161 Å². The SMILES string of the molecule is C[Si](C)(C)CCOCn1ncc2c(CS(=O)(=O)c3ccccc3)cccc21. The fourth-order valence-corrected chi connectivity index (χ4v) is 4.99. The van der Waals surface area contributed by atoms with Gasteiger partial charge in [-0.3, -0.25) is 0 Å². The smallest absolute Gasteiger partial charge is 0.182 e. The molecule has 5 nitrogen and oxygen atoms in total. The van der Waals surface area contributed by atoms with Gasteiger partial charge in [0.25, 0.3) is 0 Å². The number of fused-ring (bicyclic) bond motifs is 1. The predicted molar refractivity (Wildman–Crippen MR) is 111 cm³/mol. The van der Waals surface area contributed by atoms with E-state index in [-0.39, 0.29) is 5.75 Å². The Bertz CT molecular complexity index is 1010. The van der Waals surface area contributed by atoms with E-state index >= 15 is 0 Å². The van der Waals surface area contributed by atoms with Crippen molar-refractivity contribution in [2.75, 3.05) is 6.61 Å². The van der Waals surface area contributed by atoms with Crippen LogP contribution in [0.1, 0.15) is 5.56 Å². The minimum absolute atomic E-state index is 0.0451. The highest BCUT2D eigenvalue weighted by molar-refractivity contribution is 7.90. The van der Waals surface area contributed by atoms with Crippen LogP contribution in [0.4, 0.5) is 0 Å². The van der Waals surface area contributed by atoms with Gasteiger partial charge >= 0.3 is 0 Å². The molecule has 0 saturated heterocycles. The van der Waals surface area contributed by atoms with Crippen molar-refractivity contribution >= 4 is 28.8 Å². The molecule has 0 unspecified atom stereocenters. The second-order valence-corrected chi connectivity index (χ2v) is 15.5. The van der Waals surface area contributed by atoms with Gasteiger partial charge < -0.3 is 4.74 Å². The molecule has 3 aromatic rings. The van der Waals surface area contributed by atoms with E-state index in [4.69, 9.17) is 4.74 Å². The first-order chi connectivity index (χ1) is 12.8. The summed E-state index contributed by atoms with van der Waals surface area (Å²) in [7, 11) is -4.52. The molecule has 3 rings (SSSR count). The van der Waals surface area contributed by atoms with Gasteiger partial charge in [0, 0.05) is 20.1 Å². The van der Waals surface area contributed by atoms with Gasteiger partial charge in [-0.05, 0) is 29.8 Å². The van der Waals surface area contributed by atoms with Crippen LogP contribution in [0.15, 0.2) is 59.6 Å². The number of nitrogens with zero attached hydrogens (tertiary/aromatic N) is 2. The van der Waals surface area contributed by atoms with Crippen LogP contribution in [0.3, 0.4) is 0 Å². The lowest BCUT2D eigenvalue weighted by Gasteiger charge is -2.15. The lowest BCUT2D eigenvalue weighted by molar-refractivity contribution is 0.0817. The van der Waals surface area contributed by atoms with Crippen molar-refractivity contribution in [1.82, 2.24) is 9.78 Å². The maximum Gasteiger partial charge on any atom is 0.182 e. The van der Waals surface area contributed by atoms with Crippen LogP contribution < -0.4 is 0 Å². The summed E-state index contributed by atoms with van der Waals surface area (Å²) in [6, 6.07) is 15.3. The number of benzene rings is 2. The molecule has 144 valence electrons. The van der Waals surface area contributed by atoms with Gasteiger partial charge in [-0.15, -0.1) is 0 Å². The fraction of sp³-hybridized carbons (Fsp3) is 0.350. The minimum atomic E-state index is -3.40. The number of rotatable bonds is 8. The zero-order chi connectivity index (χ0) is 19.5. The first-order valence-corrected chi connectivity index (χ1v) is 14.4. The molecule has 0 aliphatic rings. The molecule has 0 aliphatic carbocycles. The van der Waals surface area contributed by atoms with E-state index in [1.165, 1.54) is 0 Å². The molecule has 0 atom stereocenters. The Morgan fingerprint density at radius 3 is 2.48 bits per heavy atom. The molecule has 7 heteroatoms. The second-order valence-electron chi connectivity index (χ2n) is 7.91. The third-order valence-corrected chi connectivity index (χ3v) is 7.82. The summed E-state index contributed by atoms with van der Waals surface area (Å²) in [5, 5.41) is 5.25. The van der Waals surface area contributed by atoms with Gasteiger partial charge in [0.05, 0.1) is 22.4 Å². The number of ether oxygens (including phenoxy) is 1. The van der Waals surface area contributed by atoms with Gasteiger partial charge in [0.2, 0.25) is 0 Å². The normalized spacial score (nSPS) is 12.6. The quantitative estimate of drug-likeness (QED) is 0.416. The average molecular weight is 403 g/mol. The fourth-order valence-electron chi connectivity index (χ4n) is 2.84.